The first kappa shape index (κ1) is 14.0. The van der Waals surface area contributed by atoms with E-state index in [1.165, 1.54) is 28.6 Å². The maximum atomic E-state index is 13.1. The largest absolute Gasteiger partial charge is 0.332 e. The van der Waals surface area contributed by atoms with Gasteiger partial charge in [0.2, 0.25) is 5.91 Å². The van der Waals surface area contributed by atoms with Crippen LogP contribution in [0.2, 0.25) is 0 Å². The van der Waals surface area contributed by atoms with Crippen LogP contribution in [0.15, 0.2) is 41.8 Å². The van der Waals surface area contributed by atoms with Crippen molar-refractivity contribution in [3.63, 3.8) is 0 Å². The zero-order chi connectivity index (χ0) is 14.8. The number of fused-ring (bicyclic) bond motifs is 1. The monoisotopic (exact) mass is 301 g/mol. The second-order valence-corrected chi connectivity index (χ2v) is 6.15. The van der Waals surface area contributed by atoms with Gasteiger partial charge in [0.15, 0.2) is 0 Å². The molecule has 1 aliphatic rings. The Morgan fingerprint density at radius 1 is 1.43 bits per heavy atom. The summed E-state index contributed by atoms with van der Waals surface area (Å²) in [5, 5.41) is 2.08. The minimum absolute atomic E-state index is 0.0244. The Morgan fingerprint density at radius 3 is 3.10 bits per heavy atom. The first-order valence-electron chi connectivity index (χ1n) is 6.95. The fourth-order valence-electron chi connectivity index (χ4n) is 2.68. The Bertz CT molecular complexity index is 692. The van der Waals surface area contributed by atoms with Gasteiger partial charge in [-0.15, -0.1) is 11.3 Å². The number of benzene rings is 1. The van der Waals surface area contributed by atoms with Crippen molar-refractivity contribution in [2.24, 2.45) is 0 Å². The molecule has 1 aromatic carbocycles. The number of thiophene rings is 1. The molecule has 3 rings (SSSR count). The van der Waals surface area contributed by atoms with Crippen LogP contribution in [0.25, 0.3) is 6.08 Å². The van der Waals surface area contributed by atoms with E-state index in [0.29, 0.717) is 5.56 Å². The van der Waals surface area contributed by atoms with Crippen molar-refractivity contribution < 1.29 is 9.18 Å². The fraction of sp³-hybridized carbons (Fsp3) is 0.235. The zero-order valence-corrected chi connectivity index (χ0v) is 12.6. The minimum atomic E-state index is -0.293. The van der Waals surface area contributed by atoms with E-state index >= 15 is 0 Å². The lowest BCUT2D eigenvalue weighted by molar-refractivity contribution is -0.128. The van der Waals surface area contributed by atoms with E-state index in [1.54, 1.807) is 29.5 Å². The Morgan fingerprint density at radius 2 is 2.29 bits per heavy atom. The third-order valence-corrected chi connectivity index (χ3v) is 4.82. The molecule has 2 nitrogen and oxygen atoms in total. The summed E-state index contributed by atoms with van der Waals surface area (Å²) in [5.74, 6) is -0.317. The van der Waals surface area contributed by atoms with Gasteiger partial charge in [0.25, 0.3) is 0 Å². The number of hydrogen-bond acceptors (Lipinski definition) is 2. The second kappa shape index (κ2) is 5.82. The number of halogens is 1. The summed E-state index contributed by atoms with van der Waals surface area (Å²) < 4.78 is 13.1. The average molecular weight is 301 g/mol. The van der Waals surface area contributed by atoms with Crippen molar-refractivity contribution in [3.8, 4) is 0 Å². The van der Waals surface area contributed by atoms with Gasteiger partial charge in [0.1, 0.15) is 5.82 Å². The molecule has 1 aliphatic heterocycles. The highest BCUT2D eigenvalue weighted by Gasteiger charge is 2.26. The molecular weight excluding hydrogens is 285 g/mol. The predicted octanol–water partition coefficient (Wildman–Crippen LogP) is 4.05. The van der Waals surface area contributed by atoms with Crippen molar-refractivity contribution in [1.29, 1.82) is 0 Å². The van der Waals surface area contributed by atoms with Crippen molar-refractivity contribution in [2.75, 3.05) is 6.54 Å². The van der Waals surface area contributed by atoms with Crippen LogP contribution < -0.4 is 0 Å². The standard InChI is InChI=1S/C17H16FNOS/c1-12-15-8-10-21-16(15)7-9-19(12)17(20)6-5-13-3-2-4-14(18)11-13/h2-6,8,10-12H,7,9H2,1H3. The highest BCUT2D eigenvalue weighted by atomic mass is 32.1. The summed E-state index contributed by atoms with van der Waals surface area (Å²) in [6.45, 7) is 2.79. The lowest BCUT2D eigenvalue weighted by Gasteiger charge is -2.32. The van der Waals surface area contributed by atoms with Gasteiger partial charge in [-0.25, -0.2) is 4.39 Å². The summed E-state index contributed by atoms with van der Waals surface area (Å²) in [5.41, 5.74) is 1.95. The summed E-state index contributed by atoms with van der Waals surface area (Å²) >= 11 is 1.76. The van der Waals surface area contributed by atoms with Gasteiger partial charge in [-0.2, -0.15) is 0 Å². The highest BCUT2D eigenvalue weighted by molar-refractivity contribution is 7.10. The van der Waals surface area contributed by atoms with Crippen molar-refractivity contribution in [3.05, 3.63) is 63.6 Å². The van der Waals surface area contributed by atoms with E-state index in [0.717, 1.165) is 13.0 Å². The molecule has 0 aliphatic carbocycles. The Balaban J connectivity index is 1.74. The Labute approximate surface area is 127 Å². The highest BCUT2D eigenvalue weighted by Crippen LogP contribution is 2.32. The first-order chi connectivity index (χ1) is 10.1. The molecule has 0 radical (unpaired) electrons. The van der Waals surface area contributed by atoms with Crippen molar-refractivity contribution >= 4 is 23.3 Å². The van der Waals surface area contributed by atoms with Crippen molar-refractivity contribution in [1.82, 2.24) is 4.90 Å². The van der Waals surface area contributed by atoms with E-state index in [9.17, 15) is 9.18 Å². The topological polar surface area (TPSA) is 20.3 Å². The molecule has 108 valence electrons. The van der Waals surface area contributed by atoms with E-state index in [1.807, 2.05) is 4.90 Å². The lowest BCUT2D eigenvalue weighted by Crippen LogP contribution is -2.37. The van der Waals surface area contributed by atoms with Gasteiger partial charge in [-0.3, -0.25) is 4.79 Å². The van der Waals surface area contributed by atoms with E-state index in [4.69, 9.17) is 0 Å². The summed E-state index contributed by atoms with van der Waals surface area (Å²) in [4.78, 5) is 15.6. The van der Waals surface area contributed by atoms with Crippen LogP contribution in [0.4, 0.5) is 4.39 Å². The van der Waals surface area contributed by atoms with Crippen LogP contribution in [-0.4, -0.2) is 17.4 Å². The van der Waals surface area contributed by atoms with Crippen LogP contribution in [0.3, 0.4) is 0 Å². The summed E-state index contributed by atoms with van der Waals surface area (Å²) in [6.07, 6.45) is 4.11. The molecule has 2 aromatic rings. The molecule has 1 amide bonds. The van der Waals surface area contributed by atoms with Gasteiger partial charge < -0.3 is 4.90 Å². The van der Waals surface area contributed by atoms with Crippen LogP contribution >= 0.6 is 11.3 Å². The van der Waals surface area contributed by atoms with Crippen molar-refractivity contribution in [2.45, 2.75) is 19.4 Å². The van der Waals surface area contributed by atoms with Gasteiger partial charge in [0.05, 0.1) is 6.04 Å². The summed E-state index contributed by atoms with van der Waals surface area (Å²) in [7, 11) is 0. The van der Waals surface area contributed by atoms with Gasteiger partial charge in [-0.1, -0.05) is 12.1 Å². The number of carbonyl (C=O) groups excluding carboxylic acids is 1. The molecule has 1 aromatic heterocycles. The maximum absolute atomic E-state index is 13.1. The predicted molar refractivity (Wildman–Crippen MR) is 83.6 cm³/mol. The number of hydrogen-bond donors (Lipinski definition) is 0. The SMILES string of the molecule is CC1c2ccsc2CCN1C(=O)C=Cc1cccc(F)c1. The van der Waals surface area contributed by atoms with Crippen LogP contribution in [0, 0.1) is 5.82 Å². The summed E-state index contributed by atoms with van der Waals surface area (Å²) in [6, 6.07) is 8.43. The van der Waals surface area contributed by atoms with Crippen LogP contribution in [0.1, 0.15) is 29.0 Å². The third-order valence-electron chi connectivity index (χ3n) is 3.83. The fourth-order valence-corrected chi connectivity index (χ4v) is 3.65. The molecule has 0 saturated carbocycles. The minimum Gasteiger partial charge on any atom is -0.332 e. The van der Waals surface area contributed by atoms with Gasteiger partial charge in [0, 0.05) is 17.5 Å². The molecule has 4 heteroatoms. The molecule has 0 spiro atoms. The number of amides is 1. The van der Waals surface area contributed by atoms with E-state index in [2.05, 4.69) is 18.4 Å². The quantitative estimate of drug-likeness (QED) is 0.766. The number of nitrogens with zero attached hydrogens (tertiary/aromatic N) is 1. The molecule has 0 saturated heterocycles. The Kier molecular flexibility index (Phi) is 3.88. The third kappa shape index (κ3) is 2.90. The van der Waals surface area contributed by atoms with Crippen LogP contribution in [0.5, 0.6) is 0 Å². The zero-order valence-electron chi connectivity index (χ0n) is 11.8. The van der Waals surface area contributed by atoms with Crippen LogP contribution in [-0.2, 0) is 11.2 Å². The van der Waals surface area contributed by atoms with Gasteiger partial charge in [-0.05, 0) is 54.1 Å². The lowest BCUT2D eigenvalue weighted by atomic mass is 10.0. The second-order valence-electron chi connectivity index (χ2n) is 5.15. The molecule has 1 atom stereocenters. The smallest absolute Gasteiger partial charge is 0.247 e. The van der Waals surface area contributed by atoms with Gasteiger partial charge >= 0.3 is 0 Å². The molecule has 1 unspecified atom stereocenters. The molecule has 2 heterocycles. The van der Waals surface area contributed by atoms with E-state index < -0.39 is 0 Å². The molecular formula is C17H16FNOS. The number of rotatable bonds is 2. The Hall–Kier alpha value is -1.94. The molecule has 0 bridgehead atoms. The molecule has 21 heavy (non-hydrogen) atoms. The maximum Gasteiger partial charge on any atom is 0.247 e. The normalized spacial score (nSPS) is 18.0. The molecule has 0 N–H and O–H groups in total. The number of carbonyl (C=O) groups is 1. The first-order valence-corrected chi connectivity index (χ1v) is 7.83. The average Bonchev–Trinajstić information content (AvgIpc) is 2.95. The molecule has 0 fully saturated rings. The van der Waals surface area contributed by atoms with E-state index in [-0.39, 0.29) is 17.8 Å².